The number of fused-ring (bicyclic) bond motifs is 1. The molecule has 6 nitrogen and oxygen atoms in total. The quantitative estimate of drug-likeness (QED) is 0.873. The molecule has 0 saturated heterocycles. The van der Waals surface area contributed by atoms with E-state index in [2.05, 4.69) is 31.1 Å². The molecule has 0 bridgehead atoms. The van der Waals surface area contributed by atoms with Gasteiger partial charge in [0, 0.05) is 25.2 Å². The van der Waals surface area contributed by atoms with Crippen LogP contribution in [0.4, 0.5) is 5.82 Å². The van der Waals surface area contributed by atoms with Gasteiger partial charge in [-0.05, 0) is 25.5 Å². The average Bonchev–Trinajstić information content (AvgIpc) is 2.81. The highest BCUT2D eigenvalue weighted by Crippen LogP contribution is 2.19. The van der Waals surface area contributed by atoms with Gasteiger partial charge in [-0.3, -0.25) is 0 Å². The molecule has 0 saturated carbocycles. The molecule has 6 heteroatoms. The van der Waals surface area contributed by atoms with Gasteiger partial charge in [-0.1, -0.05) is 0 Å². The molecule has 0 aromatic carbocycles. The summed E-state index contributed by atoms with van der Waals surface area (Å²) in [5.41, 5.74) is 0.578. The molecule has 0 radical (unpaired) electrons. The number of nitriles is 1. The van der Waals surface area contributed by atoms with E-state index >= 15 is 0 Å². The van der Waals surface area contributed by atoms with Gasteiger partial charge in [-0.15, -0.1) is 10.2 Å². The lowest BCUT2D eigenvalue weighted by atomic mass is 10.1. The smallest absolute Gasteiger partial charge is 0.144 e. The molecule has 19 heavy (non-hydrogen) atoms. The van der Waals surface area contributed by atoms with Crippen LogP contribution in [0.5, 0.6) is 0 Å². The number of hydrogen-bond acceptors (Lipinski definition) is 5. The fraction of sp³-hybridized carbons (Fsp3) is 0.385. The van der Waals surface area contributed by atoms with Crippen LogP contribution in [-0.2, 0) is 13.0 Å². The molecule has 1 aliphatic rings. The standard InChI is InChI=1S/C13H14N6/c1-9-17-18-12-5-4-11(8-19(9)12)16-13-10(7-14)3-2-6-15-13/h2-3,6,11H,4-5,8H2,1H3,(H,15,16). The Labute approximate surface area is 111 Å². The number of rotatable bonds is 2. The predicted octanol–water partition coefficient (Wildman–Crippen LogP) is 1.28. The minimum Gasteiger partial charge on any atom is -0.364 e. The van der Waals surface area contributed by atoms with Gasteiger partial charge < -0.3 is 9.88 Å². The Morgan fingerprint density at radius 2 is 2.37 bits per heavy atom. The van der Waals surface area contributed by atoms with Crippen LogP contribution in [0.1, 0.15) is 23.6 Å². The molecule has 2 aromatic heterocycles. The molecule has 0 fully saturated rings. The summed E-state index contributed by atoms with van der Waals surface area (Å²) >= 11 is 0. The largest absolute Gasteiger partial charge is 0.364 e. The van der Waals surface area contributed by atoms with E-state index in [0.717, 1.165) is 31.0 Å². The van der Waals surface area contributed by atoms with Crippen LogP contribution in [0.2, 0.25) is 0 Å². The second kappa shape index (κ2) is 4.69. The Morgan fingerprint density at radius 3 is 3.21 bits per heavy atom. The minimum absolute atomic E-state index is 0.254. The van der Waals surface area contributed by atoms with E-state index in [1.807, 2.05) is 6.92 Å². The number of anilines is 1. The van der Waals surface area contributed by atoms with Crippen molar-refractivity contribution in [1.29, 1.82) is 5.26 Å². The summed E-state index contributed by atoms with van der Waals surface area (Å²) < 4.78 is 2.12. The second-order valence-electron chi connectivity index (χ2n) is 4.67. The molecule has 1 atom stereocenters. The van der Waals surface area contributed by atoms with Crippen LogP contribution in [0.15, 0.2) is 18.3 Å². The van der Waals surface area contributed by atoms with Crippen molar-refractivity contribution in [2.45, 2.75) is 32.4 Å². The Bertz CT molecular complexity index is 639. The van der Waals surface area contributed by atoms with Crippen LogP contribution in [0.25, 0.3) is 0 Å². The zero-order valence-electron chi connectivity index (χ0n) is 10.7. The van der Waals surface area contributed by atoms with Crippen LogP contribution >= 0.6 is 0 Å². The molecule has 1 aliphatic heterocycles. The van der Waals surface area contributed by atoms with Crippen molar-refractivity contribution in [3.63, 3.8) is 0 Å². The van der Waals surface area contributed by atoms with Crippen LogP contribution in [0.3, 0.4) is 0 Å². The lowest BCUT2D eigenvalue weighted by Crippen LogP contribution is -2.32. The summed E-state index contributed by atoms with van der Waals surface area (Å²) in [6.45, 7) is 2.77. The van der Waals surface area contributed by atoms with Gasteiger partial charge in [0.25, 0.3) is 0 Å². The molecule has 2 aromatic rings. The molecular weight excluding hydrogens is 240 g/mol. The van der Waals surface area contributed by atoms with E-state index in [1.165, 1.54) is 0 Å². The Kier molecular flexibility index (Phi) is 2.88. The highest BCUT2D eigenvalue weighted by atomic mass is 15.3. The molecule has 3 heterocycles. The monoisotopic (exact) mass is 254 g/mol. The lowest BCUT2D eigenvalue weighted by Gasteiger charge is -2.25. The lowest BCUT2D eigenvalue weighted by molar-refractivity contribution is 0.469. The van der Waals surface area contributed by atoms with Crippen LogP contribution in [0, 0.1) is 18.3 Å². The third kappa shape index (κ3) is 2.15. The zero-order valence-corrected chi connectivity index (χ0v) is 10.7. The highest BCUT2D eigenvalue weighted by Gasteiger charge is 2.22. The van der Waals surface area contributed by atoms with Gasteiger partial charge in [0.1, 0.15) is 23.5 Å². The van der Waals surface area contributed by atoms with Gasteiger partial charge >= 0.3 is 0 Å². The van der Waals surface area contributed by atoms with Crippen LogP contribution < -0.4 is 5.32 Å². The SMILES string of the molecule is Cc1nnc2n1CC(Nc1ncccc1C#N)CC2. The van der Waals surface area contributed by atoms with E-state index < -0.39 is 0 Å². The molecular formula is C13H14N6. The van der Waals surface area contributed by atoms with Gasteiger partial charge in [0.15, 0.2) is 0 Å². The van der Waals surface area contributed by atoms with Gasteiger partial charge in [0.2, 0.25) is 0 Å². The van der Waals surface area contributed by atoms with Crippen molar-refractivity contribution in [2.24, 2.45) is 0 Å². The molecule has 0 spiro atoms. The highest BCUT2D eigenvalue weighted by molar-refractivity contribution is 5.51. The normalized spacial score (nSPS) is 17.6. The summed E-state index contributed by atoms with van der Waals surface area (Å²) in [5, 5.41) is 20.6. The number of pyridine rings is 1. The van der Waals surface area contributed by atoms with Crippen molar-refractivity contribution >= 4 is 5.82 Å². The first-order chi connectivity index (χ1) is 9.28. The number of hydrogen-bond donors (Lipinski definition) is 1. The average molecular weight is 254 g/mol. The second-order valence-corrected chi connectivity index (χ2v) is 4.67. The topological polar surface area (TPSA) is 79.4 Å². The molecule has 96 valence electrons. The fourth-order valence-corrected chi connectivity index (χ4v) is 2.38. The molecule has 1 unspecified atom stereocenters. The molecule has 0 aliphatic carbocycles. The van der Waals surface area contributed by atoms with Crippen molar-refractivity contribution in [3.8, 4) is 6.07 Å². The van der Waals surface area contributed by atoms with Crippen molar-refractivity contribution < 1.29 is 0 Å². The maximum Gasteiger partial charge on any atom is 0.144 e. The first-order valence-electron chi connectivity index (χ1n) is 6.28. The molecule has 0 amide bonds. The Balaban J connectivity index is 1.79. The van der Waals surface area contributed by atoms with E-state index in [9.17, 15) is 0 Å². The van der Waals surface area contributed by atoms with Gasteiger partial charge in [-0.25, -0.2) is 4.98 Å². The molecule has 3 rings (SSSR count). The summed E-state index contributed by atoms with van der Waals surface area (Å²) in [4.78, 5) is 4.24. The third-order valence-electron chi connectivity index (χ3n) is 3.40. The van der Waals surface area contributed by atoms with E-state index in [-0.39, 0.29) is 6.04 Å². The van der Waals surface area contributed by atoms with Crippen molar-refractivity contribution in [3.05, 3.63) is 35.5 Å². The summed E-state index contributed by atoms with van der Waals surface area (Å²) in [6, 6.07) is 5.95. The maximum atomic E-state index is 9.06. The van der Waals surface area contributed by atoms with Gasteiger partial charge in [-0.2, -0.15) is 5.26 Å². The number of aryl methyl sites for hydroxylation is 2. The number of nitrogens with zero attached hydrogens (tertiary/aromatic N) is 5. The minimum atomic E-state index is 0.254. The Hall–Kier alpha value is -2.42. The fourth-order valence-electron chi connectivity index (χ4n) is 2.38. The first-order valence-corrected chi connectivity index (χ1v) is 6.28. The van der Waals surface area contributed by atoms with E-state index in [1.54, 1.807) is 18.3 Å². The predicted molar refractivity (Wildman–Crippen MR) is 69.4 cm³/mol. The van der Waals surface area contributed by atoms with Crippen molar-refractivity contribution in [1.82, 2.24) is 19.7 Å². The number of nitrogens with one attached hydrogen (secondary N) is 1. The first kappa shape index (κ1) is 11.7. The van der Waals surface area contributed by atoms with Crippen LogP contribution in [-0.4, -0.2) is 25.8 Å². The van der Waals surface area contributed by atoms with E-state index in [4.69, 9.17) is 5.26 Å². The maximum absolute atomic E-state index is 9.06. The summed E-state index contributed by atoms with van der Waals surface area (Å²) in [7, 11) is 0. The molecule has 1 N–H and O–H groups in total. The third-order valence-corrected chi connectivity index (χ3v) is 3.40. The van der Waals surface area contributed by atoms with E-state index in [0.29, 0.717) is 11.4 Å². The zero-order chi connectivity index (χ0) is 13.2. The van der Waals surface area contributed by atoms with Crippen molar-refractivity contribution in [2.75, 3.05) is 5.32 Å². The summed E-state index contributed by atoms with van der Waals surface area (Å²) in [5.74, 6) is 2.63. The number of aromatic nitrogens is 4. The Morgan fingerprint density at radius 1 is 1.47 bits per heavy atom. The van der Waals surface area contributed by atoms with Gasteiger partial charge in [0.05, 0.1) is 5.56 Å². The summed E-state index contributed by atoms with van der Waals surface area (Å²) in [6.07, 6.45) is 3.56.